The molecular weight excluding hydrogens is 390 g/mol. The quantitative estimate of drug-likeness (QED) is 0.747. The fourth-order valence-corrected chi connectivity index (χ4v) is 4.14. The Morgan fingerprint density at radius 3 is 2.31 bits per heavy atom. The van der Waals surface area contributed by atoms with Gasteiger partial charge in [0, 0.05) is 38.8 Å². The number of amides is 1. The number of sulfonamides is 1. The molecule has 0 spiro atoms. The molecule has 1 heterocycles. The van der Waals surface area contributed by atoms with Crippen LogP contribution in [-0.4, -0.2) is 65.8 Å². The van der Waals surface area contributed by atoms with Crippen LogP contribution < -0.4 is 13.9 Å². The largest absolute Gasteiger partial charge is 0.495 e. The molecule has 0 atom stereocenters. The number of methoxy groups -OCH3 is 1. The van der Waals surface area contributed by atoms with E-state index in [1.54, 1.807) is 32.2 Å². The predicted molar refractivity (Wildman–Crippen MR) is 116 cm³/mol. The monoisotopic (exact) mass is 417 g/mol. The number of benzene rings is 2. The van der Waals surface area contributed by atoms with Crippen LogP contribution in [0.15, 0.2) is 42.5 Å². The minimum atomic E-state index is -3.40. The molecule has 1 aliphatic heterocycles. The van der Waals surface area contributed by atoms with Gasteiger partial charge >= 0.3 is 0 Å². The summed E-state index contributed by atoms with van der Waals surface area (Å²) >= 11 is 0. The van der Waals surface area contributed by atoms with E-state index in [9.17, 15) is 13.2 Å². The van der Waals surface area contributed by atoms with Crippen LogP contribution in [0.5, 0.6) is 5.75 Å². The molecule has 8 heteroatoms. The lowest BCUT2D eigenvalue weighted by Crippen LogP contribution is -2.49. The van der Waals surface area contributed by atoms with E-state index in [4.69, 9.17) is 4.74 Å². The fourth-order valence-electron chi connectivity index (χ4n) is 3.59. The van der Waals surface area contributed by atoms with E-state index in [1.807, 2.05) is 29.2 Å². The number of para-hydroxylation sites is 2. The van der Waals surface area contributed by atoms with E-state index >= 15 is 0 Å². The van der Waals surface area contributed by atoms with Gasteiger partial charge in [-0.2, -0.15) is 0 Å². The van der Waals surface area contributed by atoms with Gasteiger partial charge in [0.05, 0.1) is 24.7 Å². The third kappa shape index (κ3) is 4.32. The number of ether oxygens (including phenoxy) is 1. The molecule has 0 aromatic heterocycles. The molecule has 1 saturated heterocycles. The number of anilines is 2. The van der Waals surface area contributed by atoms with Crippen LogP contribution in [0.25, 0.3) is 0 Å². The highest BCUT2D eigenvalue weighted by Gasteiger charge is 2.26. The molecule has 0 radical (unpaired) electrons. The highest BCUT2D eigenvalue weighted by atomic mass is 32.2. The van der Waals surface area contributed by atoms with Crippen LogP contribution >= 0.6 is 0 Å². The molecular formula is C21H27N3O4S. The molecule has 3 rings (SSSR count). The van der Waals surface area contributed by atoms with Gasteiger partial charge in [-0.1, -0.05) is 18.2 Å². The van der Waals surface area contributed by atoms with E-state index in [2.05, 4.69) is 4.90 Å². The van der Waals surface area contributed by atoms with Crippen LogP contribution in [0.2, 0.25) is 0 Å². The molecule has 0 saturated carbocycles. The molecule has 2 aromatic carbocycles. The van der Waals surface area contributed by atoms with Gasteiger partial charge in [0.2, 0.25) is 10.0 Å². The zero-order valence-corrected chi connectivity index (χ0v) is 18.1. The first-order valence-electron chi connectivity index (χ1n) is 9.44. The van der Waals surface area contributed by atoms with E-state index in [1.165, 1.54) is 11.4 Å². The lowest BCUT2D eigenvalue weighted by molar-refractivity contribution is 0.0746. The average molecular weight is 418 g/mol. The number of carbonyl (C=O) groups is 1. The average Bonchev–Trinajstić information content (AvgIpc) is 2.72. The van der Waals surface area contributed by atoms with Crippen LogP contribution in [0, 0.1) is 6.92 Å². The van der Waals surface area contributed by atoms with E-state index in [0.717, 1.165) is 17.7 Å². The summed E-state index contributed by atoms with van der Waals surface area (Å²) in [6.07, 6.45) is 1.15. The second kappa shape index (κ2) is 8.32. The fraction of sp³-hybridized carbons (Fsp3) is 0.381. The van der Waals surface area contributed by atoms with Gasteiger partial charge in [-0.3, -0.25) is 9.10 Å². The maximum atomic E-state index is 13.1. The number of hydrogen-bond acceptors (Lipinski definition) is 5. The van der Waals surface area contributed by atoms with E-state index in [-0.39, 0.29) is 5.91 Å². The highest BCUT2D eigenvalue weighted by molar-refractivity contribution is 7.92. The Balaban J connectivity index is 1.76. The second-order valence-corrected chi connectivity index (χ2v) is 9.15. The van der Waals surface area contributed by atoms with Crippen molar-refractivity contribution in [1.82, 2.24) is 4.90 Å². The first-order chi connectivity index (χ1) is 13.7. The second-order valence-electron chi connectivity index (χ2n) is 7.13. The Hall–Kier alpha value is -2.74. The van der Waals surface area contributed by atoms with Crippen LogP contribution in [0.1, 0.15) is 15.9 Å². The maximum absolute atomic E-state index is 13.1. The summed E-state index contributed by atoms with van der Waals surface area (Å²) in [5.74, 6) is 0.741. The Labute approximate surface area is 172 Å². The molecule has 0 N–H and O–H groups in total. The SMILES string of the molecule is COc1ccccc1N1CCN(C(=O)c2cccc(N(C)S(C)(=O)=O)c2C)CC1. The minimum Gasteiger partial charge on any atom is -0.495 e. The standard InChI is InChI=1S/C21H27N3O4S/c1-16-17(8-7-10-18(16)22(2)29(4,26)27)21(25)24-14-12-23(13-15-24)19-9-5-6-11-20(19)28-3/h5-11H,12-15H2,1-4H3. The van der Waals surface area contributed by atoms with Crippen molar-refractivity contribution in [2.45, 2.75) is 6.92 Å². The minimum absolute atomic E-state index is 0.0778. The van der Waals surface area contributed by atoms with Crippen molar-refractivity contribution in [3.8, 4) is 5.75 Å². The van der Waals surface area contributed by atoms with Gasteiger partial charge in [-0.25, -0.2) is 8.42 Å². The van der Waals surface area contributed by atoms with Gasteiger partial charge in [-0.05, 0) is 36.8 Å². The zero-order valence-electron chi connectivity index (χ0n) is 17.3. The molecule has 0 unspecified atom stereocenters. The van der Waals surface area contributed by atoms with Crippen LogP contribution in [0.4, 0.5) is 11.4 Å². The van der Waals surface area contributed by atoms with Crippen molar-refractivity contribution in [3.05, 3.63) is 53.6 Å². The molecule has 0 bridgehead atoms. The van der Waals surface area contributed by atoms with Crippen molar-refractivity contribution in [2.75, 3.05) is 55.8 Å². The lowest BCUT2D eigenvalue weighted by atomic mass is 10.0. The lowest BCUT2D eigenvalue weighted by Gasteiger charge is -2.37. The first kappa shape index (κ1) is 21.0. The van der Waals surface area contributed by atoms with E-state index in [0.29, 0.717) is 43.0 Å². The molecule has 156 valence electrons. The molecule has 7 nitrogen and oxygen atoms in total. The van der Waals surface area contributed by atoms with E-state index < -0.39 is 10.0 Å². The summed E-state index contributed by atoms with van der Waals surface area (Å²) in [7, 11) is -0.248. The molecule has 2 aromatic rings. The highest BCUT2D eigenvalue weighted by Crippen LogP contribution is 2.29. The molecule has 0 aliphatic carbocycles. The molecule has 29 heavy (non-hydrogen) atoms. The smallest absolute Gasteiger partial charge is 0.254 e. The van der Waals surface area contributed by atoms with Gasteiger partial charge in [0.1, 0.15) is 5.75 Å². The molecule has 1 aliphatic rings. The van der Waals surface area contributed by atoms with Crippen LogP contribution in [0.3, 0.4) is 0 Å². The van der Waals surface area contributed by atoms with Gasteiger partial charge in [-0.15, -0.1) is 0 Å². The van der Waals surface area contributed by atoms with Crippen molar-refractivity contribution < 1.29 is 17.9 Å². The zero-order chi connectivity index (χ0) is 21.2. The topological polar surface area (TPSA) is 70.2 Å². The Morgan fingerprint density at radius 2 is 1.69 bits per heavy atom. The number of hydrogen-bond donors (Lipinski definition) is 0. The summed E-state index contributed by atoms with van der Waals surface area (Å²) in [5.41, 5.74) is 2.74. The summed E-state index contributed by atoms with van der Waals surface area (Å²) in [6.45, 7) is 4.36. The normalized spacial score (nSPS) is 14.6. The molecule has 1 amide bonds. The number of nitrogens with zero attached hydrogens (tertiary/aromatic N) is 3. The third-order valence-electron chi connectivity index (χ3n) is 5.37. The summed E-state index contributed by atoms with van der Waals surface area (Å²) in [4.78, 5) is 17.2. The molecule has 1 fully saturated rings. The summed E-state index contributed by atoms with van der Waals surface area (Å²) in [5, 5.41) is 0. The summed E-state index contributed by atoms with van der Waals surface area (Å²) < 4.78 is 30.5. The Kier molecular flexibility index (Phi) is 6.02. The number of carbonyl (C=O) groups excluding carboxylic acids is 1. The van der Waals surface area contributed by atoms with Crippen LogP contribution in [-0.2, 0) is 10.0 Å². The number of piperazine rings is 1. The van der Waals surface area contributed by atoms with Crippen molar-refractivity contribution in [2.24, 2.45) is 0 Å². The third-order valence-corrected chi connectivity index (χ3v) is 6.56. The summed E-state index contributed by atoms with van der Waals surface area (Å²) in [6, 6.07) is 13.1. The predicted octanol–water partition coefficient (Wildman–Crippen LogP) is 2.36. The van der Waals surface area contributed by atoms with Gasteiger partial charge < -0.3 is 14.5 Å². The maximum Gasteiger partial charge on any atom is 0.254 e. The van der Waals surface area contributed by atoms with Crippen molar-refractivity contribution in [1.29, 1.82) is 0 Å². The number of rotatable bonds is 5. The Morgan fingerprint density at radius 1 is 1.03 bits per heavy atom. The van der Waals surface area contributed by atoms with Crippen molar-refractivity contribution >= 4 is 27.3 Å². The Bertz CT molecular complexity index is 999. The van der Waals surface area contributed by atoms with Crippen molar-refractivity contribution in [3.63, 3.8) is 0 Å². The van der Waals surface area contributed by atoms with Gasteiger partial charge in [0.25, 0.3) is 5.91 Å². The first-order valence-corrected chi connectivity index (χ1v) is 11.3. The van der Waals surface area contributed by atoms with Gasteiger partial charge in [0.15, 0.2) is 0 Å².